The summed E-state index contributed by atoms with van der Waals surface area (Å²) in [7, 11) is 0. The highest BCUT2D eigenvalue weighted by atomic mass is 16.1. The van der Waals surface area contributed by atoms with Gasteiger partial charge in [0.1, 0.15) is 0 Å². The number of hydrogen-bond donors (Lipinski definition) is 2. The lowest BCUT2D eigenvalue weighted by molar-refractivity contribution is -0.116. The summed E-state index contributed by atoms with van der Waals surface area (Å²) in [6, 6.07) is 7.81. The Hall–Kier alpha value is -1.35. The largest absolute Gasteiger partial charge is 0.330 e. The van der Waals surface area contributed by atoms with Crippen LogP contribution in [-0.2, 0) is 4.79 Å². The van der Waals surface area contributed by atoms with Gasteiger partial charge in [-0.1, -0.05) is 31.5 Å². The van der Waals surface area contributed by atoms with Gasteiger partial charge in [-0.15, -0.1) is 0 Å². The van der Waals surface area contributed by atoms with Crippen molar-refractivity contribution in [1.29, 1.82) is 0 Å². The Morgan fingerprint density at radius 2 is 2.12 bits per heavy atom. The molecule has 0 saturated heterocycles. The van der Waals surface area contributed by atoms with Crippen LogP contribution in [0.15, 0.2) is 24.3 Å². The van der Waals surface area contributed by atoms with Crippen LogP contribution in [0.2, 0.25) is 0 Å². The van der Waals surface area contributed by atoms with E-state index in [1.807, 2.05) is 31.2 Å². The number of hydrogen-bond acceptors (Lipinski definition) is 2. The van der Waals surface area contributed by atoms with E-state index < -0.39 is 0 Å². The zero-order chi connectivity index (χ0) is 12.7. The summed E-state index contributed by atoms with van der Waals surface area (Å²) in [5.74, 6) is 0.531. The van der Waals surface area contributed by atoms with Gasteiger partial charge in [0, 0.05) is 12.1 Å². The Labute approximate surface area is 103 Å². The van der Waals surface area contributed by atoms with E-state index in [4.69, 9.17) is 5.73 Å². The van der Waals surface area contributed by atoms with E-state index in [0.29, 0.717) is 18.9 Å². The van der Waals surface area contributed by atoms with E-state index in [0.717, 1.165) is 24.1 Å². The van der Waals surface area contributed by atoms with Gasteiger partial charge in [0.15, 0.2) is 0 Å². The molecule has 1 rings (SSSR count). The molecule has 0 spiro atoms. The van der Waals surface area contributed by atoms with Gasteiger partial charge < -0.3 is 11.1 Å². The zero-order valence-electron chi connectivity index (χ0n) is 10.7. The van der Waals surface area contributed by atoms with Crippen molar-refractivity contribution < 1.29 is 4.79 Å². The number of amides is 1. The summed E-state index contributed by atoms with van der Waals surface area (Å²) in [6.45, 7) is 4.76. The molecule has 0 aliphatic carbocycles. The van der Waals surface area contributed by atoms with E-state index in [2.05, 4.69) is 12.2 Å². The fourth-order valence-electron chi connectivity index (χ4n) is 1.75. The Morgan fingerprint density at radius 3 is 2.71 bits per heavy atom. The van der Waals surface area contributed by atoms with Gasteiger partial charge in [0.25, 0.3) is 0 Å². The molecule has 0 aromatic heterocycles. The Bertz CT molecular complexity index is 359. The van der Waals surface area contributed by atoms with Crippen molar-refractivity contribution in [3.05, 3.63) is 29.8 Å². The van der Waals surface area contributed by atoms with Crippen LogP contribution in [0.3, 0.4) is 0 Å². The molecule has 94 valence electrons. The van der Waals surface area contributed by atoms with Crippen LogP contribution in [0.4, 0.5) is 5.69 Å². The molecule has 1 aromatic rings. The first-order valence-electron chi connectivity index (χ1n) is 6.23. The molecule has 3 N–H and O–H groups in total. The minimum atomic E-state index is 0.0752. The predicted octanol–water partition coefficient (Wildman–Crippen LogP) is 2.70. The molecule has 1 aromatic carbocycles. The second-order valence-electron chi connectivity index (χ2n) is 4.41. The highest BCUT2D eigenvalue weighted by Crippen LogP contribution is 2.15. The maximum absolute atomic E-state index is 11.7. The van der Waals surface area contributed by atoms with Gasteiger partial charge in [-0.3, -0.25) is 4.79 Å². The van der Waals surface area contributed by atoms with Gasteiger partial charge >= 0.3 is 0 Å². The quantitative estimate of drug-likeness (QED) is 0.795. The normalized spacial score (nSPS) is 12.2. The van der Waals surface area contributed by atoms with Crippen LogP contribution >= 0.6 is 0 Å². The third-order valence-corrected chi connectivity index (χ3v) is 3.11. The number of nitrogens with one attached hydrogen (secondary N) is 1. The van der Waals surface area contributed by atoms with Crippen molar-refractivity contribution in [2.75, 3.05) is 11.9 Å². The SMILES string of the molecule is CCC(CN)CCC(=O)Nc1ccccc1C. The van der Waals surface area contributed by atoms with E-state index in [-0.39, 0.29) is 5.91 Å². The summed E-state index contributed by atoms with van der Waals surface area (Å²) < 4.78 is 0. The van der Waals surface area contributed by atoms with Crippen molar-refractivity contribution in [1.82, 2.24) is 0 Å². The number of benzene rings is 1. The highest BCUT2D eigenvalue weighted by molar-refractivity contribution is 5.91. The van der Waals surface area contributed by atoms with Crippen LogP contribution < -0.4 is 11.1 Å². The molecule has 0 saturated carbocycles. The molecule has 1 unspecified atom stereocenters. The number of carbonyl (C=O) groups is 1. The first-order chi connectivity index (χ1) is 8.17. The number of aryl methyl sites for hydroxylation is 1. The van der Waals surface area contributed by atoms with Crippen LogP contribution in [0, 0.1) is 12.8 Å². The van der Waals surface area contributed by atoms with Crippen molar-refractivity contribution in [3.63, 3.8) is 0 Å². The lowest BCUT2D eigenvalue weighted by Gasteiger charge is -2.12. The van der Waals surface area contributed by atoms with Gasteiger partial charge in [-0.05, 0) is 37.4 Å². The summed E-state index contributed by atoms with van der Waals surface area (Å²) in [6.07, 6.45) is 2.45. The maximum atomic E-state index is 11.7. The van der Waals surface area contributed by atoms with Crippen molar-refractivity contribution >= 4 is 11.6 Å². The van der Waals surface area contributed by atoms with Gasteiger partial charge in [-0.25, -0.2) is 0 Å². The minimum Gasteiger partial charge on any atom is -0.330 e. The molecule has 0 radical (unpaired) electrons. The third kappa shape index (κ3) is 4.57. The Morgan fingerprint density at radius 1 is 1.41 bits per heavy atom. The van der Waals surface area contributed by atoms with E-state index in [1.54, 1.807) is 0 Å². The number of nitrogens with two attached hydrogens (primary N) is 1. The zero-order valence-corrected chi connectivity index (χ0v) is 10.7. The standard InChI is InChI=1S/C14H22N2O/c1-3-12(10-15)8-9-14(17)16-13-7-5-4-6-11(13)2/h4-7,12H,3,8-10,15H2,1-2H3,(H,16,17). The van der Waals surface area contributed by atoms with Crippen molar-refractivity contribution in [3.8, 4) is 0 Å². The average Bonchev–Trinajstić information content (AvgIpc) is 2.33. The molecule has 3 heteroatoms. The van der Waals surface area contributed by atoms with E-state index in [9.17, 15) is 4.79 Å². The Balaban J connectivity index is 2.42. The van der Waals surface area contributed by atoms with Crippen LogP contribution in [0.25, 0.3) is 0 Å². The van der Waals surface area contributed by atoms with Crippen LogP contribution in [0.5, 0.6) is 0 Å². The van der Waals surface area contributed by atoms with Crippen LogP contribution in [0.1, 0.15) is 31.7 Å². The molecular formula is C14H22N2O. The second-order valence-corrected chi connectivity index (χ2v) is 4.41. The van der Waals surface area contributed by atoms with Gasteiger partial charge in [0.05, 0.1) is 0 Å². The minimum absolute atomic E-state index is 0.0752. The summed E-state index contributed by atoms with van der Waals surface area (Å²) in [5.41, 5.74) is 7.61. The second kappa shape index (κ2) is 7.07. The fourth-order valence-corrected chi connectivity index (χ4v) is 1.75. The van der Waals surface area contributed by atoms with Crippen molar-refractivity contribution in [2.45, 2.75) is 33.1 Å². The molecule has 17 heavy (non-hydrogen) atoms. The topological polar surface area (TPSA) is 55.1 Å². The molecule has 0 aliphatic heterocycles. The number of carbonyl (C=O) groups excluding carboxylic acids is 1. The third-order valence-electron chi connectivity index (χ3n) is 3.11. The molecule has 0 fully saturated rings. The molecule has 0 heterocycles. The molecule has 0 bridgehead atoms. The number of rotatable bonds is 6. The fraction of sp³-hybridized carbons (Fsp3) is 0.500. The lowest BCUT2D eigenvalue weighted by atomic mass is 10.0. The molecule has 1 amide bonds. The smallest absolute Gasteiger partial charge is 0.224 e. The van der Waals surface area contributed by atoms with E-state index in [1.165, 1.54) is 0 Å². The molecule has 0 aliphatic rings. The summed E-state index contributed by atoms with van der Waals surface area (Å²) >= 11 is 0. The predicted molar refractivity (Wildman–Crippen MR) is 71.9 cm³/mol. The number of para-hydroxylation sites is 1. The van der Waals surface area contributed by atoms with E-state index >= 15 is 0 Å². The molecular weight excluding hydrogens is 212 g/mol. The Kier molecular flexibility index (Phi) is 5.70. The molecule has 1 atom stereocenters. The lowest BCUT2D eigenvalue weighted by Crippen LogP contribution is -2.18. The van der Waals surface area contributed by atoms with Gasteiger partial charge in [0.2, 0.25) is 5.91 Å². The summed E-state index contributed by atoms with van der Waals surface area (Å²) in [4.78, 5) is 11.7. The van der Waals surface area contributed by atoms with Crippen LogP contribution in [-0.4, -0.2) is 12.5 Å². The molecule has 3 nitrogen and oxygen atoms in total. The average molecular weight is 234 g/mol. The first kappa shape index (κ1) is 13.7. The first-order valence-corrected chi connectivity index (χ1v) is 6.23. The maximum Gasteiger partial charge on any atom is 0.224 e. The van der Waals surface area contributed by atoms with Gasteiger partial charge in [-0.2, -0.15) is 0 Å². The van der Waals surface area contributed by atoms with Crippen molar-refractivity contribution in [2.24, 2.45) is 11.7 Å². The monoisotopic (exact) mass is 234 g/mol. The highest BCUT2D eigenvalue weighted by Gasteiger charge is 2.08. The number of anilines is 1. The summed E-state index contributed by atoms with van der Waals surface area (Å²) in [5, 5.41) is 2.93.